The molecule has 164 valence electrons. The first-order valence-corrected chi connectivity index (χ1v) is 10.5. The van der Waals surface area contributed by atoms with Crippen molar-refractivity contribution in [3.05, 3.63) is 94.3 Å². The molecule has 0 bridgehead atoms. The summed E-state index contributed by atoms with van der Waals surface area (Å²) in [6, 6.07) is 15.4. The van der Waals surface area contributed by atoms with Gasteiger partial charge in [0.25, 0.3) is 11.7 Å². The third-order valence-electron chi connectivity index (χ3n) is 5.24. The van der Waals surface area contributed by atoms with Gasteiger partial charge in [-0.2, -0.15) is 5.26 Å². The first kappa shape index (κ1) is 22.1. The van der Waals surface area contributed by atoms with Crippen LogP contribution in [0.4, 0.5) is 5.69 Å². The quantitative estimate of drug-likeness (QED) is 0.339. The molecule has 1 aliphatic rings. The first-order valence-electron chi connectivity index (χ1n) is 10.1. The number of carbonyl (C=O) groups excluding carboxylic acids is 2. The highest BCUT2D eigenvalue weighted by Gasteiger charge is 2.47. The van der Waals surface area contributed by atoms with Crippen LogP contribution in [0.1, 0.15) is 29.7 Å². The van der Waals surface area contributed by atoms with Gasteiger partial charge in [0.15, 0.2) is 0 Å². The number of pyridine rings is 1. The molecule has 0 radical (unpaired) electrons. The van der Waals surface area contributed by atoms with Crippen molar-refractivity contribution in [3.8, 4) is 11.8 Å². The molecule has 4 rings (SSSR count). The summed E-state index contributed by atoms with van der Waals surface area (Å²) >= 11 is 6.33. The van der Waals surface area contributed by atoms with Gasteiger partial charge in [0.05, 0.1) is 34.9 Å². The molecule has 1 aromatic heterocycles. The van der Waals surface area contributed by atoms with E-state index in [1.165, 1.54) is 23.4 Å². The summed E-state index contributed by atoms with van der Waals surface area (Å²) in [7, 11) is 0. The van der Waals surface area contributed by atoms with Crippen molar-refractivity contribution >= 4 is 34.7 Å². The Balaban J connectivity index is 1.93. The van der Waals surface area contributed by atoms with Gasteiger partial charge in [0.1, 0.15) is 11.5 Å². The second kappa shape index (κ2) is 9.15. The smallest absolute Gasteiger partial charge is 0.300 e. The van der Waals surface area contributed by atoms with E-state index in [9.17, 15) is 14.7 Å². The minimum atomic E-state index is -0.923. The molecule has 0 saturated carbocycles. The van der Waals surface area contributed by atoms with Crippen LogP contribution in [-0.4, -0.2) is 28.4 Å². The fraction of sp³-hybridized carbons (Fsp3) is 0.120. The highest BCUT2D eigenvalue weighted by molar-refractivity contribution is 6.52. The van der Waals surface area contributed by atoms with E-state index in [0.29, 0.717) is 29.2 Å². The number of aliphatic hydroxyl groups is 1. The zero-order chi connectivity index (χ0) is 23.5. The number of aromatic nitrogens is 1. The normalized spacial score (nSPS) is 17.1. The van der Waals surface area contributed by atoms with Crippen LogP contribution >= 0.6 is 11.6 Å². The van der Waals surface area contributed by atoms with Crippen molar-refractivity contribution in [3.63, 3.8) is 0 Å². The number of nitrogens with zero attached hydrogens (tertiary/aromatic N) is 3. The number of ether oxygens (including phenoxy) is 1. The molecule has 8 heteroatoms. The standard InChI is InChI=1S/C25H18ClN3O4/c1-2-33-18-7-8-20(26)19(13-18)23(30)21-22(16-9-11-28-12-10-16)29(25(32)24(21)31)17-5-3-15(14-27)4-6-17/h3-13,22,30H,2H2,1H3/b23-21+. The lowest BCUT2D eigenvalue weighted by Gasteiger charge is -2.25. The molecule has 7 nitrogen and oxygen atoms in total. The third kappa shape index (κ3) is 4.04. The summed E-state index contributed by atoms with van der Waals surface area (Å²) < 4.78 is 5.50. The average molecular weight is 460 g/mol. The Morgan fingerprint density at radius 2 is 1.85 bits per heavy atom. The van der Waals surface area contributed by atoms with E-state index in [1.54, 1.807) is 48.5 Å². The van der Waals surface area contributed by atoms with E-state index < -0.39 is 23.5 Å². The second-order valence-corrected chi connectivity index (χ2v) is 7.59. The van der Waals surface area contributed by atoms with Gasteiger partial charge in [-0.15, -0.1) is 0 Å². The van der Waals surface area contributed by atoms with Gasteiger partial charge in [-0.25, -0.2) is 0 Å². The minimum Gasteiger partial charge on any atom is -0.507 e. The van der Waals surface area contributed by atoms with Crippen molar-refractivity contribution in [2.75, 3.05) is 11.5 Å². The lowest BCUT2D eigenvalue weighted by atomic mass is 9.95. The van der Waals surface area contributed by atoms with Crippen LogP contribution in [0, 0.1) is 11.3 Å². The molecular formula is C25H18ClN3O4. The third-order valence-corrected chi connectivity index (χ3v) is 5.57. The van der Waals surface area contributed by atoms with Gasteiger partial charge in [-0.05, 0) is 67.1 Å². The lowest BCUT2D eigenvalue weighted by molar-refractivity contribution is -0.132. The Labute approximate surface area is 195 Å². The Hall–Kier alpha value is -4.15. The molecule has 2 aromatic carbocycles. The summed E-state index contributed by atoms with van der Waals surface area (Å²) in [4.78, 5) is 31.6. The molecule has 1 amide bonds. The fourth-order valence-electron chi connectivity index (χ4n) is 3.74. The van der Waals surface area contributed by atoms with Gasteiger partial charge < -0.3 is 9.84 Å². The zero-order valence-corrected chi connectivity index (χ0v) is 18.3. The number of ketones is 1. The molecule has 1 N–H and O–H groups in total. The summed E-state index contributed by atoms with van der Waals surface area (Å²) in [6.45, 7) is 2.22. The number of aliphatic hydroxyl groups excluding tert-OH is 1. The molecular weight excluding hydrogens is 442 g/mol. The number of benzene rings is 2. The molecule has 3 aromatic rings. The largest absolute Gasteiger partial charge is 0.507 e. The van der Waals surface area contributed by atoms with Crippen molar-refractivity contribution in [2.24, 2.45) is 0 Å². The maximum absolute atomic E-state index is 13.2. The van der Waals surface area contributed by atoms with Crippen LogP contribution < -0.4 is 9.64 Å². The predicted molar refractivity (Wildman–Crippen MR) is 123 cm³/mol. The van der Waals surface area contributed by atoms with Crippen molar-refractivity contribution < 1.29 is 19.4 Å². The number of hydrogen-bond donors (Lipinski definition) is 1. The molecule has 1 fully saturated rings. The monoisotopic (exact) mass is 459 g/mol. The van der Waals surface area contributed by atoms with E-state index in [0.717, 1.165) is 0 Å². The summed E-state index contributed by atoms with van der Waals surface area (Å²) in [5.41, 5.74) is 1.47. The number of rotatable bonds is 5. The van der Waals surface area contributed by atoms with Crippen molar-refractivity contribution in [1.82, 2.24) is 4.98 Å². The molecule has 0 spiro atoms. The molecule has 2 heterocycles. The van der Waals surface area contributed by atoms with E-state index >= 15 is 0 Å². The molecule has 0 aliphatic carbocycles. The Kier molecular flexibility index (Phi) is 6.11. The zero-order valence-electron chi connectivity index (χ0n) is 17.5. The molecule has 1 aliphatic heterocycles. The van der Waals surface area contributed by atoms with Crippen molar-refractivity contribution in [1.29, 1.82) is 5.26 Å². The summed E-state index contributed by atoms with van der Waals surface area (Å²) in [5, 5.41) is 20.5. The highest BCUT2D eigenvalue weighted by atomic mass is 35.5. The number of halogens is 1. The summed E-state index contributed by atoms with van der Waals surface area (Å²) in [6.07, 6.45) is 3.08. The van der Waals surface area contributed by atoms with E-state index in [4.69, 9.17) is 21.6 Å². The second-order valence-electron chi connectivity index (χ2n) is 7.18. The van der Waals surface area contributed by atoms with Gasteiger partial charge in [0, 0.05) is 23.6 Å². The Morgan fingerprint density at radius 1 is 1.15 bits per heavy atom. The van der Waals surface area contributed by atoms with Crippen LogP contribution in [0.2, 0.25) is 5.02 Å². The van der Waals surface area contributed by atoms with Crippen LogP contribution in [0.5, 0.6) is 5.75 Å². The topological polar surface area (TPSA) is 104 Å². The van der Waals surface area contributed by atoms with Crippen LogP contribution in [0.25, 0.3) is 5.76 Å². The van der Waals surface area contributed by atoms with E-state index in [1.807, 2.05) is 13.0 Å². The Morgan fingerprint density at radius 3 is 2.48 bits per heavy atom. The van der Waals surface area contributed by atoms with Crippen molar-refractivity contribution in [2.45, 2.75) is 13.0 Å². The van der Waals surface area contributed by atoms with Gasteiger partial charge >= 0.3 is 0 Å². The molecule has 33 heavy (non-hydrogen) atoms. The lowest BCUT2D eigenvalue weighted by Crippen LogP contribution is -2.29. The van der Waals surface area contributed by atoms with Gasteiger partial charge in [0.2, 0.25) is 0 Å². The summed E-state index contributed by atoms with van der Waals surface area (Å²) in [5.74, 6) is -1.60. The highest BCUT2D eigenvalue weighted by Crippen LogP contribution is 2.43. The number of carbonyl (C=O) groups is 2. The van der Waals surface area contributed by atoms with Gasteiger partial charge in [-0.1, -0.05) is 11.6 Å². The van der Waals surface area contributed by atoms with Crippen LogP contribution in [-0.2, 0) is 9.59 Å². The van der Waals surface area contributed by atoms with E-state index in [2.05, 4.69) is 4.98 Å². The maximum Gasteiger partial charge on any atom is 0.300 e. The maximum atomic E-state index is 13.2. The SMILES string of the molecule is CCOc1ccc(Cl)c(/C(O)=C2\C(=O)C(=O)N(c3ccc(C#N)cc3)C2c2ccncc2)c1. The molecule has 1 atom stereocenters. The molecule has 1 saturated heterocycles. The predicted octanol–water partition coefficient (Wildman–Crippen LogP) is 4.63. The molecule has 1 unspecified atom stereocenters. The van der Waals surface area contributed by atoms with Gasteiger partial charge in [-0.3, -0.25) is 19.5 Å². The number of nitriles is 1. The number of amides is 1. The first-order chi connectivity index (χ1) is 16.0. The van der Waals surface area contributed by atoms with Crippen LogP contribution in [0.15, 0.2) is 72.6 Å². The Bertz CT molecular complexity index is 1300. The fourth-order valence-corrected chi connectivity index (χ4v) is 3.95. The van der Waals surface area contributed by atoms with Crippen LogP contribution in [0.3, 0.4) is 0 Å². The minimum absolute atomic E-state index is 0.105. The number of anilines is 1. The number of hydrogen-bond acceptors (Lipinski definition) is 6. The average Bonchev–Trinajstić information content (AvgIpc) is 3.11. The number of Topliss-reactive ketones (excluding diaryl/α,β-unsaturated/α-hetero) is 1. The van der Waals surface area contributed by atoms with E-state index in [-0.39, 0.29) is 16.2 Å².